The first kappa shape index (κ1) is 26.3. The molecule has 3 amide bonds. The van der Waals surface area contributed by atoms with Crippen molar-refractivity contribution in [2.45, 2.75) is 64.2 Å². The SMILES string of the molecule is CCC(C)C(N)C(=O)NC(CCC(=O)O)C(=O)NC(C)C(=O)NC(CO)C(=O)O. The fourth-order valence-electron chi connectivity index (χ4n) is 2.18. The summed E-state index contributed by atoms with van der Waals surface area (Å²) in [7, 11) is 0. The van der Waals surface area contributed by atoms with Gasteiger partial charge in [-0.2, -0.15) is 0 Å². The van der Waals surface area contributed by atoms with E-state index in [1.54, 1.807) is 6.92 Å². The van der Waals surface area contributed by atoms with Crippen LogP contribution in [0.4, 0.5) is 0 Å². The van der Waals surface area contributed by atoms with Gasteiger partial charge in [0.05, 0.1) is 12.6 Å². The summed E-state index contributed by atoms with van der Waals surface area (Å²) in [5.74, 6) is -5.14. The van der Waals surface area contributed by atoms with E-state index in [0.29, 0.717) is 6.42 Å². The highest BCUT2D eigenvalue weighted by molar-refractivity contribution is 5.94. The van der Waals surface area contributed by atoms with Gasteiger partial charge in [-0.15, -0.1) is 0 Å². The lowest BCUT2D eigenvalue weighted by molar-refractivity contribution is -0.143. The molecular weight excluding hydrogens is 388 g/mol. The Labute approximate surface area is 168 Å². The van der Waals surface area contributed by atoms with E-state index < -0.39 is 66.9 Å². The molecule has 12 nitrogen and oxygen atoms in total. The summed E-state index contributed by atoms with van der Waals surface area (Å²) in [6.45, 7) is 4.02. The van der Waals surface area contributed by atoms with Crippen LogP contribution in [0.5, 0.6) is 0 Å². The number of hydrogen-bond acceptors (Lipinski definition) is 7. The van der Waals surface area contributed by atoms with Crippen LogP contribution in [0, 0.1) is 5.92 Å². The maximum absolute atomic E-state index is 12.5. The molecule has 0 saturated carbocycles. The molecule has 0 fully saturated rings. The monoisotopic (exact) mass is 418 g/mol. The minimum absolute atomic E-state index is 0.172. The van der Waals surface area contributed by atoms with Crippen LogP contribution >= 0.6 is 0 Å². The third-order valence-electron chi connectivity index (χ3n) is 4.39. The zero-order chi connectivity index (χ0) is 22.7. The van der Waals surface area contributed by atoms with Gasteiger partial charge in [0.1, 0.15) is 18.1 Å². The molecule has 0 saturated heterocycles. The Kier molecular flexibility index (Phi) is 11.5. The molecule has 0 rings (SSSR count). The van der Waals surface area contributed by atoms with E-state index in [4.69, 9.17) is 21.1 Å². The second-order valence-corrected chi connectivity index (χ2v) is 6.72. The molecule has 166 valence electrons. The first-order valence-corrected chi connectivity index (χ1v) is 9.16. The quantitative estimate of drug-likeness (QED) is 0.172. The van der Waals surface area contributed by atoms with Gasteiger partial charge in [-0.25, -0.2) is 4.79 Å². The van der Waals surface area contributed by atoms with Crippen molar-refractivity contribution in [2.24, 2.45) is 11.7 Å². The van der Waals surface area contributed by atoms with E-state index in [2.05, 4.69) is 10.6 Å². The van der Waals surface area contributed by atoms with Crippen molar-refractivity contribution < 1.29 is 39.3 Å². The third kappa shape index (κ3) is 9.34. The van der Waals surface area contributed by atoms with Crippen molar-refractivity contribution >= 4 is 29.7 Å². The molecule has 0 aromatic carbocycles. The number of carboxylic acid groups (broad SMARTS) is 2. The van der Waals surface area contributed by atoms with Gasteiger partial charge in [0, 0.05) is 6.42 Å². The van der Waals surface area contributed by atoms with Gasteiger partial charge in [0.2, 0.25) is 17.7 Å². The number of carboxylic acids is 2. The summed E-state index contributed by atoms with van der Waals surface area (Å²) in [5, 5.41) is 33.3. The number of nitrogens with two attached hydrogens (primary N) is 1. The van der Waals surface area contributed by atoms with Gasteiger partial charge >= 0.3 is 11.9 Å². The normalized spacial score (nSPS) is 15.9. The molecule has 0 bridgehead atoms. The summed E-state index contributed by atoms with van der Waals surface area (Å²) in [6, 6.07) is -4.90. The fourth-order valence-corrected chi connectivity index (χ4v) is 2.18. The molecule has 5 unspecified atom stereocenters. The third-order valence-corrected chi connectivity index (χ3v) is 4.39. The van der Waals surface area contributed by atoms with Crippen molar-refractivity contribution in [1.82, 2.24) is 16.0 Å². The van der Waals surface area contributed by atoms with Crippen LogP contribution in [0.3, 0.4) is 0 Å². The Morgan fingerprint density at radius 2 is 1.45 bits per heavy atom. The molecule has 8 N–H and O–H groups in total. The molecule has 0 aromatic rings. The minimum atomic E-state index is -1.54. The van der Waals surface area contributed by atoms with Gasteiger partial charge < -0.3 is 37.0 Å². The lowest BCUT2D eigenvalue weighted by Crippen LogP contribution is -2.57. The standard InChI is InChI=1S/C17H30N4O8/c1-4-8(2)13(18)16(27)20-10(5-6-12(23)24)15(26)19-9(3)14(25)21-11(7-22)17(28)29/h8-11,13,22H,4-7,18H2,1-3H3,(H,19,26)(H,20,27)(H,21,25)(H,23,24)(H,28,29). The molecule has 0 aliphatic heterocycles. The number of carbonyl (C=O) groups excluding carboxylic acids is 3. The number of aliphatic hydroxyl groups is 1. The molecule has 0 aromatic heterocycles. The number of aliphatic carboxylic acids is 2. The maximum Gasteiger partial charge on any atom is 0.328 e. The predicted molar refractivity (Wildman–Crippen MR) is 100 cm³/mol. The van der Waals surface area contributed by atoms with Crippen molar-refractivity contribution in [3.8, 4) is 0 Å². The topological polar surface area (TPSA) is 208 Å². The van der Waals surface area contributed by atoms with Crippen LogP contribution < -0.4 is 21.7 Å². The Bertz CT molecular complexity index is 612. The van der Waals surface area contributed by atoms with Gasteiger partial charge in [-0.05, 0) is 19.3 Å². The minimum Gasteiger partial charge on any atom is -0.481 e. The molecule has 0 heterocycles. The van der Waals surface area contributed by atoms with Gasteiger partial charge in [-0.3, -0.25) is 19.2 Å². The first-order valence-electron chi connectivity index (χ1n) is 9.16. The highest BCUT2D eigenvalue weighted by Gasteiger charge is 2.29. The summed E-state index contributed by atoms with van der Waals surface area (Å²) >= 11 is 0. The number of carbonyl (C=O) groups is 5. The van der Waals surface area contributed by atoms with Crippen LogP contribution in [-0.4, -0.2) is 75.8 Å². The lowest BCUT2D eigenvalue weighted by atomic mass is 9.98. The van der Waals surface area contributed by atoms with Crippen molar-refractivity contribution in [2.75, 3.05) is 6.61 Å². The molecule has 0 radical (unpaired) electrons. The van der Waals surface area contributed by atoms with Crippen LogP contribution in [-0.2, 0) is 24.0 Å². The van der Waals surface area contributed by atoms with E-state index in [1.165, 1.54) is 6.92 Å². The van der Waals surface area contributed by atoms with Gasteiger partial charge in [0.15, 0.2) is 0 Å². The smallest absolute Gasteiger partial charge is 0.328 e. The average Bonchev–Trinajstić information content (AvgIpc) is 2.66. The first-order chi connectivity index (χ1) is 13.4. The van der Waals surface area contributed by atoms with Crippen molar-refractivity contribution in [3.63, 3.8) is 0 Å². The second-order valence-electron chi connectivity index (χ2n) is 6.72. The van der Waals surface area contributed by atoms with Crippen molar-refractivity contribution in [1.29, 1.82) is 0 Å². The van der Waals surface area contributed by atoms with E-state index in [9.17, 15) is 24.0 Å². The number of aliphatic hydroxyl groups excluding tert-OH is 1. The zero-order valence-corrected chi connectivity index (χ0v) is 16.7. The summed E-state index contributed by atoms with van der Waals surface area (Å²) in [4.78, 5) is 58.4. The predicted octanol–water partition coefficient (Wildman–Crippen LogP) is -2.22. The Hall–Kier alpha value is -2.73. The molecule has 0 spiro atoms. The van der Waals surface area contributed by atoms with Crippen LogP contribution in [0.2, 0.25) is 0 Å². The Balaban J connectivity index is 5.10. The molecule has 29 heavy (non-hydrogen) atoms. The van der Waals surface area contributed by atoms with E-state index in [-0.39, 0.29) is 12.3 Å². The van der Waals surface area contributed by atoms with E-state index in [1.807, 2.05) is 12.2 Å². The molecular formula is C17H30N4O8. The fraction of sp³-hybridized carbons (Fsp3) is 0.706. The van der Waals surface area contributed by atoms with Crippen LogP contribution in [0.25, 0.3) is 0 Å². The molecule has 0 aliphatic carbocycles. The highest BCUT2D eigenvalue weighted by atomic mass is 16.4. The number of nitrogens with one attached hydrogen (secondary N) is 3. The van der Waals surface area contributed by atoms with Crippen LogP contribution in [0.1, 0.15) is 40.0 Å². The molecule has 0 aliphatic rings. The molecule has 5 atom stereocenters. The van der Waals surface area contributed by atoms with Gasteiger partial charge in [0.25, 0.3) is 0 Å². The summed E-state index contributed by atoms with van der Waals surface area (Å²) in [6.07, 6.45) is -0.0284. The van der Waals surface area contributed by atoms with Gasteiger partial charge in [-0.1, -0.05) is 20.3 Å². The Morgan fingerprint density at radius 3 is 1.90 bits per heavy atom. The number of rotatable bonds is 13. The van der Waals surface area contributed by atoms with E-state index >= 15 is 0 Å². The zero-order valence-electron chi connectivity index (χ0n) is 16.7. The summed E-state index contributed by atoms with van der Waals surface area (Å²) < 4.78 is 0. The molecule has 12 heteroatoms. The summed E-state index contributed by atoms with van der Waals surface area (Å²) in [5.41, 5.74) is 5.82. The maximum atomic E-state index is 12.5. The highest BCUT2D eigenvalue weighted by Crippen LogP contribution is 2.07. The van der Waals surface area contributed by atoms with E-state index in [0.717, 1.165) is 0 Å². The number of amides is 3. The largest absolute Gasteiger partial charge is 0.481 e. The van der Waals surface area contributed by atoms with Crippen LogP contribution in [0.15, 0.2) is 0 Å². The lowest BCUT2D eigenvalue weighted by Gasteiger charge is -2.24. The number of hydrogen-bond donors (Lipinski definition) is 7. The second kappa shape index (κ2) is 12.7. The average molecular weight is 418 g/mol. The van der Waals surface area contributed by atoms with Crippen molar-refractivity contribution in [3.05, 3.63) is 0 Å². The Morgan fingerprint density at radius 1 is 0.897 bits per heavy atom.